The van der Waals surface area contributed by atoms with E-state index in [-0.39, 0.29) is 21.5 Å². The van der Waals surface area contributed by atoms with E-state index in [4.69, 9.17) is 0 Å². The SMILES string of the molecule is O=[N+]([O-])c1cc(I)c(F)cc1NCc1cccnn1. The van der Waals surface area contributed by atoms with Crippen molar-refractivity contribution in [3.05, 3.63) is 55.7 Å². The van der Waals surface area contributed by atoms with Crippen LogP contribution in [0.15, 0.2) is 30.5 Å². The lowest BCUT2D eigenvalue weighted by Gasteiger charge is -2.07. The molecule has 1 N–H and O–H groups in total. The molecule has 19 heavy (non-hydrogen) atoms. The van der Waals surface area contributed by atoms with Crippen molar-refractivity contribution < 1.29 is 9.31 Å². The van der Waals surface area contributed by atoms with Gasteiger partial charge in [0.05, 0.1) is 20.7 Å². The zero-order valence-electron chi connectivity index (χ0n) is 9.51. The van der Waals surface area contributed by atoms with Crippen molar-refractivity contribution in [1.29, 1.82) is 0 Å². The molecule has 6 nitrogen and oxygen atoms in total. The fourth-order valence-corrected chi connectivity index (χ4v) is 1.89. The van der Waals surface area contributed by atoms with Crippen LogP contribution in [0.3, 0.4) is 0 Å². The molecule has 1 aromatic carbocycles. The van der Waals surface area contributed by atoms with Crippen molar-refractivity contribution >= 4 is 34.0 Å². The molecule has 0 saturated heterocycles. The Labute approximate surface area is 121 Å². The van der Waals surface area contributed by atoms with E-state index in [0.29, 0.717) is 5.69 Å². The number of aromatic nitrogens is 2. The van der Waals surface area contributed by atoms with Crippen molar-refractivity contribution in [2.45, 2.75) is 6.54 Å². The molecule has 1 heterocycles. The van der Waals surface area contributed by atoms with E-state index >= 15 is 0 Å². The number of benzene rings is 1. The van der Waals surface area contributed by atoms with Crippen LogP contribution in [0.25, 0.3) is 0 Å². The average Bonchev–Trinajstić information content (AvgIpc) is 2.40. The molecule has 0 aliphatic carbocycles. The monoisotopic (exact) mass is 374 g/mol. The van der Waals surface area contributed by atoms with Crippen molar-refractivity contribution in [2.24, 2.45) is 0 Å². The maximum atomic E-state index is 13.5. The Hall–Kier alpha value is -1.84. The zero-order valence-corrected chi connectivity index (χ0v) is 11.7. The molecule has 2 rings (SSSR count). The molecule has 0 bridgehead atoms. The second-order valence-electron chi connectivity index (χ2n) is 3.61. The number of nitro groups is 1. The molecule has 98 valence electrons. The smallest absolute Gasteiger partial charge is 0.293 e. The predicted molar refractivity (Wildman–Crippen MR) is 75.1 cm³/mol. The third-order valence-electron chi connectivity index (χ3n) is 2.32. The third-order valence-corrected chi connectivity index (χ3v) is 3.15. The molecular weight excluding hydrogens is 366 g/mol. The number of nitro benzene ring substituents is 1. The van der Waals surface area contributed by atoms with Gasteiger partial charge in [0.2, 0.25) is 0 Å². The van der Waals surface area contributed by atoms with Crippen LogP contribution in [0.5, 0.6) is 0 Å². The minimum atomic E-state index is -0.555. The van der Waals surface area contributed by atoms with Gasteiger partial charge in [0.25, 0.3) is 5.69 Å². The molecule has 0 radical (unpaired) electrons. The summed E-state index contributed by atoms with van der Waals surface area (Å²) in [4.78, 5) is 10.4. The number of nitrogens with one attached hydrogen (secondary N) is 1. The Morgan fingerprint density at radius 3 is 2.89 bits per heavy atom. The minimum absolute atomic E-state index is 0.119. The van der Waals surface area contributed by atoms with E-state index in [1.807, 2.05) is 0 Å². The Kier molecular flexibility index (Phi) is 4.20. The first-order valence-corrected chi connectivity index (χ1v) is 6.29. The van der Waals surface area contributed by atoms with E-state index < -0.39 is 10.7 Å². The molecule has 0 atom stereocenters. The van der Waals surface area contributed by atoms with E-state index in [0.717, 1.165) is 6.07 Å². The van der Waals surface area contributed by atoms with Crippen LogP contribution in [0.1, 0.15) is 5.69 Å². The summed E-state index contributed by atoms with van der Waals surface area (Å²) in [6, 6.07) is 5.72. The molecule has 0 saturated carbocycles. The Balaban J connectivity index is 2.24. The van der Waals surface area contributed by atoms with Crippen LogP contribution in [0.2, 0.25) is 0 Å². The Morgan fingerprint density at radius 2 is 2.26 bits per heavy atom. The lowest BCUT2D eigenvalue weighted by atomic mass is 10.2. The van der Waals surface area contributed by atoms with Gasteiger partial charge in [-0.25, -0.2) is 4.39 Å². The van der Waals surface area contributed by atoms with Crippen molar-refractivity contribution in [3.8, 4) is 0 Å². The van der Waals surface area contributed by atoms with Crippen molar-refractivity contribution in [2.75, 3.05) is 5.32 Å². The lowest BCUT2D eigenvalue weighted by molar-refractivity contribution is -0.384. The highest BCUT2D eigenvalue weighted by Gasteiger charge is 2.17. The predicted octanol–water partition coefficient (Wildman–Crippen LogP) is 2.74. The second kappa shape index (κ2) is 5.87. The first-order valence-electron chi connectivity index (χ1n) is 5.22. The molecule has 0 aliphatic rings. The third kappa shape index (κ3) is 3.34. The summed E-state index contributed by atoms with van der Waals surface area (Å²) in [5.41, 5.74) is 0.555. The molecule has 0 amide bonds. The second-order valence-corrected chi connectivity index (χ2v) is 4.77. The standard InChI is InChI=1S/C11H8FIN4O2/c12-8-4-10(11(17(18)19)5-9(8)13)14-6-7-2-1-3-15-16-7/h1-5,14H,6H2. The summed E-state index contributed by atoms with van der Waals surface area (Å²) < 4.78 is 13.7. The first-order chi connectivity index (χ1) is 9.08. The number of nitrogens with zero attached hydrogens (tertiary/aromatic N) is 3. The van der Waals surface area contributed by atoms with Gasteiger partial charge >= 0.3 is 0 Å². The van der Waals surface area contributed by atoms with E-state index in [9.17, 15) is 14.5 Å². The van der Waals surface area contributed by atoms with Gasteiger partial charge in [-0.1, -0.05) is 0 Å². The number of anilines is 1. The van der Waals surface area contributed by atoms with Crippen molar-refractivity contribution in [3.63, 3.8) is 0 Å². The summed E-state index contributed by atoms with van der Waals surface area (Å²) in [5.74, 6) is -0.507. The fraction of sp³-hybridized carbons (Fsp3) is 0.0909. The van der Waals surface area contributed by atoms with Crippen LogP contribution in [-0.2, 0) is 6.54 Å². The van der Waals surface area contributed by atoms with Gasteiger partial charge < -0.3 is 5.32 Å². The van der Waals surface area contributed by atoms with Crippen LogP contribution >= 0.6 is 22.6 Å². The van der Waals surface area contributed by atoms with Gasteiger partial charge in [-0.2, -0.15) is 10.2 Å². The number of rotatable bonds is 4. The number of hydrogen-bond acceptors (Lipinski definition) is 5. The highest BCUT2D eigenvalue weighted by molar-refractivity contribution is 14.1. The summed E-state index contributed by atoms with van der Waals surface area (Å²) in [7, 11) is 0. The van der Waals surface area contributed by atoms with Crippen LogP contribution in [-0.4, -0.2) is 15.1 Å². The van der Waals surface area contributed by atoms with Crippen molar-refractivity contribution in [1.82, 2.24) is 10.2 Å². The lowest BCUT2D eigenvalue weighted by Crippen LogP contribution is -2.05. The van der Waals surface area contributed by atoms with Gasteiger partial charge in [-0.05, 0) is 34.7 Å². The summed E-state index contributed by atoms with van der Waals surface area (Å²) in [6.07, 6.45) is 1.52. The molecular formula is C11H8FIN4O2. The first kappa shape index (κ1) is 13.6. The summed E-state index contributed by atoms with van der Waals surface area (Å²) in [5, 5.41) is 21.2. The van der Waals surface area contributed by atoms with Crippen LogP contribution in [0.4, 0.5) is 15.8 Å². The molecule has 2 aromatic rings. The maximum Gasteiger partial charge on any atom is 0.293 e. The Bertz CT molecular complexity index is 609. The number of halogens is 2. The van der Waals surface area contributed by atoms with E-state index in [2.05, 4.69) is 15.5 Å². The molecule has 0 aliphatic heterocycles. The molecule has 0 unspecified atom stereocenters. The molecule has 0 spiro atoms. The van der Waals surface area contributed by atoms with Gasteiger partial charge in [0, 0.05) is 18.3 Å². The highest BCUT2D eigenvalue weighted by atomic mass is 127. The molecule has 8 heteroatoms. The van der Waals surface area contributed by atoms with Crippen LogP contribution in [0, 0.1) is 19.5 Å². The maximum absolute atomic E-state index is 13.5. The highest BCUT2D eigenvalue weighted by Crippen LogP contribution is 2.28. The molecule has 0 fully saturated rings. The van der Waals surface area contributed by atoms with E-state index in [1.165, 1.54) is 12.3 Å². The summed E-state index contributed by atoms with van der Waals surface area (Å²) >= 11 is 1.71. The fourth-order valence-electron chi connectivity index (χ4n) is 1.44. The van der Waals surface area contributed by atoms with Gasteiger partial charge in [-0.3, -0.25) is 10.1 Å². The normalized spacial score (nSPS) is 10.2. The summed E-state index contributed by atoms with van der Waals surface area (Å²) in [6.45, 7) is 0.231. The Morgan fingerprint density at radius 1 is 1.47 bits per heavy atom. The minimum Gasteiger partial charge on any atom is -0.374 e. The molecule has 1 aromatic heterocycles. The average molecular weight is 374 g/mol. The van der Waals surface area contributed by atoms with Gasteiger partial charge in [-0.15, -0.1) is 0 Å². The van der Waals surface area contributed by atoms with E-state index in [1.54, 1.807) is 34.7 Å². The number of hydrogen-bond donors (Lipinski definition) is 1. The topological polar surface area (TPSA) is 81.0 Å². The van der Waals surface area contributed by atoms with Gasteiger partial charge in [0.15, 0.2) is 0 Å². The van der Waals surface area contributed by atoms with Crippen LogP contribution < -0.4 is 5.32 Å². The zero-order chi connectivity index (χ0) is 13.8. The van der Waals surface area contributed by atoms with Gasteiger partial charge in [0.1, 0.15) is 11.5 Å². The largest absolute Gasteiger partial charge is 0.374 e. The quantitative estimate of drug-likeness (QED) is 0.506.